The Hall–Kier alpha value is -9.15. The predicted molar refractivity (Wildman–Crippen MR) is 344 cm³/mol. The summed E-state index contributed by atoms with van der Waals surface area (Å²) in [5, 5.41) is 8.17. The molecule has 5 N–H and O–H groups in total. The number of ether oxygens (including phenoxy) is 1. The molecule has 2 heterocycles. The average molecular weight is 1180 g/mol. The van der Waals surface area contributed by atoms with Gasteiger partial charge in [0.1, 0.15) is 17.2 Å². The van der Waals surface area contributed by atoms with Crippen LogP contribution >= 0.6 is 0 Å². The highest BCUT2D eigenvalue weighted by Crippen LogP contribution is 2.42. The first-order valence-corrected chi connectivity index (χ1v) is 29.8. The number of benzene rings is 6. The summed E-state index contributed by atoms with van der Waals surface area (Å²) < 4.78 is 9.54. The molecule has 5 amide bonds. The number of alkyl carbamates (subject to hydrolysis) is 1. The summed E-state index contributed by atoms with van der Waals surface area (Å²) >= 11 is 0. The molecule has 0 aliphatic carbocycles. The van der Waals surface area contributed by atoms with Crippen molar-refractivity contribution in [1.82, 2.24) is 44.9 Å². The Morgan fingerprint density at radius 2 is 0.828 bits per heavy atom. The van der Waals surface area contributed by atoms with E-state index in [1.54, 1.807) is 20.8 Å². The van der Waals surface area contributed by atoms with Crippen LogP contribution in [0, 0.1) is 10.8 Å². The van der Waals surface area contributed by atoms with E-state index in [-0.39, 0.29) is 48.2 Å². The highest BCUT2D eigenvalue weighted by Gasteiger charge is 2.40. The maximum atomic E-state index is 14.3. The van der Waals surface area contributed by atoms with Crippen molar-refractivity contribution in [2.75, 3.05) is 39.3 Å². The lowest BCUT2D eigenvalue weighted by molar-refractivity contribution is -0.120. The number of imidazole rings is 2. The number of carbonyl (C=O) groups is 5. The molecule has 0 fully saturated rings. The molecule has 16 nitrogen and oxygen atoms in total. The number of hydrogen-bond donors (Lipinski definition) is 4. The normalized spacial score (nSPS) is 12.2. The maximum absolute atomic E-state index is 14.3. The van der Waals surface area contributed by atoms with E-state index in [0.717, 1.165) is 45.3 Å². The molecule has 0 unspecified atom stereocenters. The maximum Gasteiger partial charge on any atom is 0.408 e. The zero-order valence-corrected chi connectivity index (χ0v) is 51.9. The first kappa shape index (κ1) is 65.4. The van der Waals surface area contributed by atoms with Crippen LogP contribution < -0.4 is 21.7 Å². The number of nitrogens with two attached hydrogens (primary N) is 1. The van der Waals surface area contributed by atoms with Crippen molar-refractivity contribution in [3.63, 3.8) is 0 Å². The number of aromatic nitrogens is 4. The van der Waals surface area contributed by atoms with Crippen LogP contribution in [0.2, 0.25) is 0 Å². The lowest BCUT2D eigenvalue weighted by Crippen LogP contribution is -2.44. The number of nitrogens with zero attached hydrogens (tertiary/aromatic N) is 6. The number of nitrogens with one attached hydrogen (secondary N) is 3. The van der Waals surface area contributed by atoms with Gasteiger partial charge in [-0.25, -0.2) is 14.8 Å². The smallest absolute Gasteiger partial charge is 0.408 e. The van der Waals surface area contributed by atoms with Crippen molar-refractivity contribution in [3.05, 3.63) is 228 Å². The van der Waals surface area contributed by atoms with Crippen molar-refractivity contribution >= 4 is 29.7 Å². The van der Waals surface area contributed by atoms with Gasteiger partial charge in [-0.3, -0.25) is 19.2 Å². The molecule has 0 aliphatic heterocycles. The van der Waals surface area contributed by atoms with E-state index in [2.05, 4.69) is 115 Å². The minimum Gasteiger partial charge on any atom is -0.444 e. The Balaban J connectivity index is 0.000000252. The van der Waals surface area contributed by atoms with Gasteiger partial charge in [0.25, 0.3) is 11.8 Å². The fraction of sp³-hybridized carbons (Fsp3) is 0.338. The molecule has 6 aromatic carbocycles. The first-order chi connectivity index (χ1) is 41.6. The molecule has 87 heavy (non-hydrogen) atoms. The zero-order valence-electron chi connectivity index (χ0n) is 51.9. The van der Waals surface area contributed by atoms with Gasteiger partial charge in [0, 0.05) is 73.9 Å². The molecule has 8 aromatic rings. The summed E-state index contributed by atoms with van der Waals surface area (Å²) in [6.07, 6.45) is 4.58. The summed E-state index contributed by atoms with van der Waals surface area (Å²) in [5.74, 6) is 0.884. The standard InChI is InChI=1S/C38H47N5O4.C33H39N5O2/c1-37(2,3)33(34-41-31(29-19-12-8-13-20-29)27-42(34)26-28-17-10-7-11-18-28)43(35(45)30-21-14-9-15-22-30)24-16-23-39-32(44)25-40-36(46)47-38(4,5)6;1-33(2,3)30(38(21-13-20-35-29(39)22-34)32(40)27-18-11-6-12-19-27)31-36-28(26-16-9-5-10-17-26)24-37(31)23-25-14-7-4-8-15-25/h7-15,17-22,27,33H,16,23-26H2,1-6H3,(H,39,44)(H,40,46);4-12,14-19,24,30H,13,20-23,34H2,1-3H3,(H,35,39)/t33-;30-/m00/s1. The molecule has 2 atom stereocenters. The van der Waals surface area contributed by atoms with E-state index < -0.39 is 23.2 Å². The van der Waals surface area contributed by atoms with E-state index in [1.807, 2.05) is 155 Å². The van der Waals surface area contributed by atoms with Crippen LogP contribution in [0.1, 0.15) is 131 Å². The second-order valence-electron chi connectivity index (χ2n) is 24.7. The number of carbonyl (C=O) groups excluding carboxylic acids is 5. The van der Waals surface area contributed by atoms with E-state index in [0.29, 0.717) is 63.2 Å². The van der Waals surface area contributed by atoms with Crippen LogP contribution in [-0.2, 0) is 27.4 Å². The Morgan fingerprint density at radius 3 is 1.17 bits per heavy atom. The monoisotopic (exact) mass is 1170 g/mol. The van der Waals surface area contributed by atoms with Gasteiger partial charge in [-0.15, -0.1) is 0 Å². The molecule has 0 bridgehead atoms. The molecule has 8 rings (SSSR count). The van der Waals surface area contributed by atoms with Crippen LogP contribution in [0.4, 0.5) is 4.79 Å². The number of rotatable bonds is 23. The van der Waals surface area contributed by atoms with Gasteiger partial charge in [-0.2, -0.15) is 0 Å². The quantitative estimate of drug-likeness (QED) is 0.0450. The largest absolute Gasteiger partial charge is 0.444 e. The van der Waals surface area contributed by atoms with Gasteiger partial charge in [0.2, 0.25) is 11.8 Å². The zero-order chi connectivity index (χ0) is 62.6. The summed E-state index contributed by atoms with van der Waals surface area (Å²) in [4.78, 5) is 78.9. The van der Waals surface area contributed by atoms with E-state index in [4.69, 9.17) is 20.4 Å². The minimum atomic E-state index is -0.656. The van der Waals surface area contributed by atoms with Crippen LogP contribution in [0.25, 0.3) is 22.5 Å². The molecule has 456 valence electrons. The van der Waals surface area contributed by atoms with Crippen LogP contribution in [0.15, 0.2) is 194 Å². The van der Waals surface area contributed by atoms with Gasteiger partial charge >= 0.3 is 6.09 Å². The molecule has 16 heteroatoms. The molecule has 2 aromatic heterocycles. The predicted octanol–water partition coefficient (Wildman–Crippen LogP) is 12.2. The summed E-state index contributed by atoms with van der Waals surface area (Å²) in [7, 11) is 0. The summed E-state index contributed by atoms with van der Waals surface area (Å²) in [5.41, 5.74) is 11.2. The molecular weight excluding hydrogens is 1090 g/mol. The topological polar surface area (TPSA) is 199 Å². The van der Waals surface area contributed by atoms with Gasteiger partial charge in [0.15, 0.2) is 0 Å². The molecule has 0 spiro atoms. The summed E-state index contributed by atoms with van der Waals surface area (Å²) in [6.45, 7) is 20.6. The Bertz CT molecular complexity index is 3450. The first-order valence-electron chi connectivity index (χ1n) is 29.8. The highest BCUT2D eigenvalue weighted by molar-refractivity contribution is 5.95. The Morgan fingerprint density at radius 1 is 0.483 bits per heavy atom. The average Bonchev–Trinajstić information content (AvgIpc) is 1.89. The van der Waals surface area contributed by atoms with Crippen molar-refractivity contribution in [1.29, 1.82) is 0 Å². The third-order valence-electron chi connectivity index (χ3n) is 14.2. The van der Waals surface area contributed by atoms with Crippen molar-refractivity contribution in [3.8, 4) is 22.5 Å². The fourth-order valence-electron chi connectivity index (χ4n) is 10.3. The number of hydrogen-bond acceptors (Lipinski definition) is 9. The highest BCUT2D eigenvalue weighted by atomic mass is 16.6. The fourth-order valence-corrected chi connectivity index (χ4v) is 10.3. The second kappa shape index (κ2) is 30.8. The van der Waals surface area contributed by atoms with E-state index in [9.17, 15) is 24.0 Å². The molecule has 0 radical (unpaired) electrons. The minimum absolute atomic E-state index is 0.0591. The van der Waals surface area contributed by atoms with Gasteiger partial charge in [0.05, 0.1) is 36.6 Å². The van der Waals surface area contributed by atoms with E-state index >= 15 is 0 Å². The van der Waals surface area contributed by atoms with Crippen molar-refractivity contribution < 1.29 is 28.7 Å². The molecule has 0 aliphatic rings. The SMILES string of the molecule is CC(C)(C)OC(=O)NCC(=O)NCCCN(C(=O)c1ccccc1)[C@@H](c1nc(-c2ccccc2)cn1Cc1ccccc1)C(C)(C)C.CC(C)(C)[C@H](c1nc(-c2ccccc2)cn1Cc1ccccc1)N(CCCNC(=O)CN)C(=O)c1ccccc1. The summed E-state index contributed by atoms with van der Waals surface area (Å²) in [6, 6.07) is 58.5. The van der Waals surface area contributed by atoms with Gasteiger partial charge < -0.3 is 45.4 Å². The molecular formula is C71H86N10O6. The van der Waals surface area contributed by atoms with Gasteiger partial charge in [-0.05, 0) is 79.8 Å². The Labute approximate surface area is 513 Å². The van der Waals surface area contributed by atoms with Gasteiger partial charge in [-0.1, -0.05) is 199 Å². The molecule has 0 saturated carbocycles. The number of amides is 5. The third kappa shape index (κ3) is 19.4. The second-order valence-corrected chi connectivity index (χ2v) is 24.7. The lowest BCUT2D eigenvalue weighted by Gasteiger charge is -2.40. The van der Waals surface area contributed by atoms with Crippen LogP contribution in [0.3, 0.4) is 0 Å². The van der Waals surface area contributed by atoms with Crippen molar-refractivity contribution in [2.45, 2.75) is 106 Å². The third-order valence-corrected chi connectivity index (χ3v) is 14.2. The molecule has 0 saturated heterocycles. The van der Waals surface area contributed by atoms with Crippen LogP contribution in [0.5, 0.6) is 0 Å². The van der Waals surface area contributed by atoms with E-state index in [1.165, 1.54) is 0 Å². The van der Waals surface area contributed by atoms with Crippen LogP contribution in [-0.4, -0.2) is 103 Å². The lowest BCUT2D eigenvalue weighted by atomic mass is 9.84. The van der Waals surface area contributed by atoms with Crippen molar-refractivity contribution in [2.24, 2.45) is 16.6 Å². The Kier molecular flexibility index (Phi) is 23.1.